The Kier molecular flexibility index (Phi) is 8.17. The molecule has 2 rings (SSSR count). The maximum atomic E-state index is 12.3. The first-order chi connectivity index (χ1) is 11.2. The van der Waals surface area contributed by atoms with E-state index < -0.39 is 0 Å². The third-order valence-electron chi connectivity index (χ3n) is 5.40. The number of carbonyl (C=O) groups excluding carboxylic acids is 1. The highest BCUT2D eigenvalue weighted by Crippen LogP contribution is 2.19. The van der Waals surface area contributed by atoms with Crippen LogP contribution in [0.15, 0.2) is 0 Å². The van der Waals surface area contributed by atoms with Crippen LogP contribution in [0.3, 0.4) is 0 Å². The van der Waals surface area contributed by atoms with E-state index in [9.17, 15) is 4.79 Å². The SMILES string of the molecule is CC1CCN(CCCCNC(=O)N2CCCCC2CCO)CC1. The van der Waals surface area contributed by atoms with Gasteiger partial charge >= 0.3 is 6.03 Å². The number of likely N-dealkylation sites (tertiary alicyclic amines) is 2. The van der Waals surface area contributed by atoms with Gasteiger partial charge in [0.2, 0.25) is 0 Å². The summed E-state index contributed by atoms with van der Waals surface area (Å²) in [6.07, 6.45) is 8.87. The molecule has 2 aliphatic heterocycles. The predicted molar refractivity (Wildman–Crippen MR) is 93.5 cm³/mol. The van der Waals surface area contributed by atoms with Crippen LogP contribution in [0.2, 0.25) is 0 Å². The first kappa shape index (κ1) is 18.5. The number of unbranched alkanes of at least 4 members (excludes halogenated alkanes) is 1. The van der Waals surface area contributed by atoms with Gasteiger partial charge in [-0.15, -0.1) is 0 Å². The van der Waals surface area contributed by atoms with Crippen LogP contribution in [0, 0.1) is 5.92 Å². The number of piperidine rings is 2. The van der Waals surface area contributed by atoms with Gasteiger partial charge in [-0.2, -0.15) is 0 Å². The molecule has 0 bridgehead atoms. The Morgan fingerprint density at radius 3 is 2.65 bits per heavy atom. The molecule has 1 unspecified atom stereocenters. The molecule has 0 radical (unpaired) electrons. The van der Waals surface area contributed by atoms with Gasteiger partial charge in [0, 0.05) is 25.7 Å². The fourth-order valence-electron chi connectivity index (χ4n) is 3.76. The smallest absolute Gasteiger partial charge is 0.317 e. The lowest BCUT2D eigenvalue weighted by Crippen LogP contribution is -2.49. The van der Waals surface area contributed by atoms with Crippen LogP contribution in [-0.2, 0) is 0 Å². The fourth-order valence-corrected chi connectivity index (χ4v) is 3.76. The molecule has 2 N–H and O–H groups in total. The largest absolute Gasteiger partial charge is 0.396 e. The van der Waals surface area contributed by atoms with Crippen LogP contribution in [0.1, 0.15) is 58.3 Å². The van der Waals surface area contributed by atoms with E-state index in [2.05, 4.69) is 17.1 Å². The minimum Gasteiger partial charge on any atom is -0.396 e. The summed E-state index contributed by atoms with van der Waals surface area (Å²) in [5.41, 5.74) is 0. The lowest BCUT2D eigenvalue weighted by atomic mass is 9.99. The molecule has 5 heteroatoms. The molecule has 5 nitrogen and oxygen atoms in total. The lowest BCUT2D eigenvalue weighted by Gasteiger charge is -2.35. The molecule has 0 aromatic heterocycles. The van der Waals surface area contributed by atoms with Gasteiger partial charge in [0.05, 0.1) is 0 Å². The fraction of sp³-hybridized carbons (Fsp3) is 0.944. The molecule has 0 aromatic carbocycles. The van der Waals surface area contributed by atoms with Crippen LogP contribution in [-0.4, -0.2) is 66.3 Å². The Hall–Kier alpha value is -0.810. The summed E-state index contributed by atoms with van der Waals surface area (Å²) in [5.74, 6) is 0.891. The Bertz CT molecular complexity index is 341. The van der Waals surface area contributed by atoms with E-state index in [-0.39, 0.29) is 18.7 Å². The van der Waals surface area contributed by atoms with Crippen LogP contribution in [0.4, 0.5) is 4.79 Å². The van der Waals surface area contributed by atoms with Crippen LogP contribution in [0.5, 0.6) is 0 Å². The van der Waals surface area contributed by atoms with Crippen LogP contribution in [0.25, 0.3) is 0 Å². The Balaban J connectivity index is 1.57. The molecule has 0 aromatic rings. The van der Waals surface area contributed by atoms with Gasteiger partial charge in [-0.25, -0.2) is 4.79 Å². The molecule has 0 spiro atoms. The molecule has 2 amide bonds. The maximum Gasteiger partial charge on any atom is 0.317 e. The lowest BCUT2D eigenvalue weighted by molar-refractivity contribution is 0.131. The van der Waals surface area contributed by atoms with Crippen molar-refractivity contribution in [2.45, 2.75) is 64.3 Å². The second-order valence-corrected chi connectivity index (χ2v) is 7.32. The molecule has 2 heterocycles. The molecule has 2 fully saturated rings. The quantitative estimate of drug-likeness (QED) is 0.707. The zero-order valence-electron chi connectivity index (χ0n) is 14.8. The van der Waals surface area contributed by atoms with Gasteiger partial charge < -0.3 is 20.2 Å². The number of hydrogen-bond acceptors (Lipinski definition) is 3. The van der Waals surface area contributed by atoms with Gasteiger partial charge in [0.1, 0.15) is 0 Å². The van der Waals surface area contributed by atoms with E-state index in [1.807, 2.05) is 4.90 Å². The maximum absolute atomic E-state index is 12.3. The number of nitrogens with zero attached hydrogens (tertiary/aromatic N) is 2. The van der Waals surface area contributed by atoms with E-state index >= 15 is 0 Å². The summed E-state index contributed by atoms with van der Waals surface area (Å²) in [7, 11) is 0. The highest BCUT2D eigenvalue weighted by atomic mass is 16.3. The van der Waals surface area contributed by atoms with Crippen molar-refractivity contribution in [2.24, 2.45) is 5.92 Å². The number of urea groups is 1. The van der Waals surface area contributed by atoms with Crippen molar-refractivity contribution in [3.8, 4) is 0 Å². The summed E-state index contributed by atoms with van der Waals surface area (Å²) in [5, 5.41) is 12.2. The summed E-state index contributed by atoms with van der Waals surface area (Å²) in [6.45, 7) is 7.77. The van der Waals surface area contributed by atoms with Crippen LogP contribution >= 0.6 is 0 Å². The van der Waals surface area contributed by atoms with E-state index in [4.69, 9.17) is 5.11 Å². The third-order valence-corrected chi connectivity index (χ3v) is 5.40. The number of aliphatic hydroxyl groups is 1. The molecule has 0 aliphatic carbocycles. The van der Waals surface area contributed by atoms with E-state index in [0.29, 0.717) is 6.42 Å². The second kappa shape index (κ2) is 10.1. The highest BCUT2D eigenvalue weighted by molar-refractivity contribution is 5.74. The standard InChI is InChI=1S/C18H35N3O2/c1-16-7-13-20(14-8-16)11-5-3-10-19-18(23)21-12-4-2-6-17(21)9-15-22/h16-17,22H,2-15H2,1H3,(H,19,23). The first-order valence-electron chi connectivity index (χ1n) is 9.58. The molecular formula is C18H35N3O2. The topological polar surface area (TPSA) is 55.8 Å². The molecule has 2 saturated heterocycles. The number of amides is 2. The zero-order chi connectivity index (χ0) is 16.5. The van der Waals surface area contributed by atoms with E-state index in [1.165, 1.54) is 38.9 Å². The number of aliphatic hydroxyl groups excluding tert-OH is 1. The molecule has 23 heavy (non-hydrogen) atoms. The normalized spacial score (nSPS) is 23.9. The van der Waals surface area contributed by atoms with Crippen molar-refractivity contribution in [2.75, 3.05) is 39.3 Å². The predicted octanol–water partition coefficient (Wildman–Crippen LogP) is 2.45. The van der Waals surface area contributed by atoms with Gasteiger partial charge in [-0.05, 0) is 76.9 Å². The number of hydrogen-bond donors (Lipinski definition) is 2. The molecule has 0 saturated carbocycles. The van der Waals surface area contributed by atoms with Crippen molar-refractivity contribution in [1.29, 1.82) is 0 Å². The highest BCUT2D eigenvalue weighted by Gasteiger charge is 2.25. The monoisotopic (exact) mass is 325 g/mol. The molecule has 1 atom stereocenters. The molecule has 2 aliphatic rings. The zero-order valence-corrected chi connectivity index (χ0v) is 14.8. The second-order valence-electron chi connectivity index (χ2n) is 7.32. The Morgan fingerprint density at radius 2 is 1.91 bits per heavy atom. The number of rotatable bonds is 7. The Labute approximate surface area is 141 Å². The average Bonchev–Trinajstić information content (AvgIpc) is 2.57. The molecular weight excluding hydrogens is 290 g/mol. The third kappa shape index (κ3) is 6.30. The minimum atomic E-state index is 0.0648. The minimum absolute atomic E-state index is 0.0648. The Morgan fingerprint density at radius 1 is 1.13 bits per heavy atom. The summed E-state index contributed by atoms with van der Waals surface area (Å²) in [4.78, 5) is 16.8. The van der Waals surface area contributed by atoms with Gasteiger partial charge in [0.15, 0.2) is 0 Å². The summed E-state index contributed by atoms with van der Waals surface area (Å²) >= 11 is 0. The average molecular weight is 325 g/mol. The number of nitrogens with one attached hydrogen (secondary N) is 1. The van der Waals surface area contributed by atoms with Gasteiger partial charge in [-0.3, -0.25) is 0 Å². The first-order valence-corrected chi connectivity index (χ1v) is 9.58. The van der Waals surface area contributed by atoms with Crippen molar-refractivity contribution in [3.63, 3.8) is 0 Å². The van der Waals surface area contributed by atoms with Crippen molar-refractivity contribution in [3.05, 3.63) is 0 Å². The van der Waals surface area contributed by atoms with Crippen LogP contribution < -0.4 is 5.32 Å². The van der Waals surface area contributed by atoms with Gasteiger partial charge in [-0.1, -0.05) is 6.92 Å². The summed E-state index contributed by atoms with van der Waals surface area (Å²) < 4.78 is 0. The van der Waals surface area contributed by atoms with Gasteiger partial charge in [0.25, 0.3) is 0 Å². The van der Waals surface area contributed by atoms with Crippen molar-refractivity contribution < 1.29 is 9.90 Å². The summed E-state index contributed by atoms with van der Waals surface area (Å²) in [6, 6.07) is 0.291. The van der Waals surface area contributed by atoms with E-state index in [1.54, 1.807) is 0 Å². The van der Waals surface area contributed by atoms with Crippen molar-refractivity contribution in [1.82, 2.24) is 15.1 Å². The molecule has 134 valence electrons. The van der Waals surface area contributed by atoms with Crippen molar-refractivity contribution >= 4 is 6.03 Å². The van der Waals surface area contributed by atoms with E-state index in [0.717, 1.165) is 44.7 Å². The number of carbonyl (C=O) groups is 1.